The van der Waals surface area contributed by atoms with E-state index in [2.05, 4.69) is 14.8 Å². The average molecular weight is 434 g/mol. The number of rotatable bonds is 3. The molecule has 0 bridgehead atoms. The van der Waals surface area contributed by atoms with Gasteiger partial charge < -0.3 is 14.8 Å². The van der Waals surface area contributed by atoms with E-state index in [1.54, 1.807) is 0 Å². The van der Waals surface area contributed by atoms with E-state index in [1.165, 1.54) is 26.7 Å². The predicted octanol–water partition coefficient (Wildman–Crippen LogP) is 4.71. The van der Waals surface area contributed by atoms with Gasteiger partial charge in [0.05, 0.1) is 21.6 Å². The number of fused-ring (bicyclic) bond motifs is 1. The minimum atomic E-state index is -0.319. The molecule has 0 unspecified atom stereocenters. The molecule has 1 aliphatic carbocycles. The standard InChI is InChI=1S/C20H20FN3OS3/c1-11-19(27-28-20(11)26)14-10-24(12-2-3-12)16-9-17(23-6-4-22-5-7-23)15(21)8-13(16)18(14)25/h8-10,12,22H,2-7H2,1H3. The summed E-state index contributed by atoms with van der Waals surface area (Å²) in [6.07, 6.45) is 4.16. The molecule has 3 aromatic rings. The summed E-state index contributed by atoms with van der Waals surface area (Å²) >= 11 is 5.37. The third-order valence-corrected chi connectivity index (χ3v) is 8.95. The maximum atomic E-state index is 15.0. The highest BCUT2D eigenvalue weighted by molar-refractivity contribution is 7.80. The Labute approximate surface area is 174 Å². The molecule has 0 amide bonds. The lowest BCUT2D eigenvalue weighted by molar-refractivity contribution is 0.567. The highest BCUT2D eigenvalue weighted by Gasteiger charge is 2.27. The van der Waals surface area contributed by atoms with Crippen molar-refractivity contribution in [1.82, 2.24) is 9.88 Å². The summed E-state index contributed by atoms with van der Waals surface area (Å²) in [7, 11) is 3.05. The van der Waals surface area contributed by atoms with Gasteiger partial charge in [0.1, 0.15) is 9.64 Å². The first kappa shape index (κ1) is 18.4. The molecule has 0 spiro atoms. The van der Waals surface area contributed by atoms with Crippen molar-refractivity contribution in [1.29, 1.82) is 0 Å². The Morgan fingerprint density at radius 2 is 1.96 bits per heavy atom. The lowest BCUT2D eigenvalue weighted by Crippen LogP contribution is -2.43. The van der Waals surface area contributed by atoms with Crippen LogP contribution in [0.1, 0.15) is 24.4 Å². The van der Waals surface area contributed by atoms with Gasteiger partial charge in [0.2, 0.25) is 0 Å². The van der Waals surface area contributed by atoms with Crippen LogP contribution in [0.4, 0.5) is 10.1 Å². The number of hydrogen-bond acceptors (Lipinski definition) is 6. The molecule has 1 saturated heterocycles. The SMILES string of the molecule is Cc1c(-c2cn(C3CC3)c3cc(N4CCNCC4)c(F)cc3c2=O)ssc1=S. The van der Waals surface area contributed by atoms with Gasteiger partial charge in [0.25, 0.3) is 0 Å². The zero-order valence-corrected chi connectivity index (χ0v) is 17.9. The van der Waals surface area contributed by atoms with Crippen LogP contribution in [-0.2, 0) is 0 Å². The summed E-state index contributed by atoms with van der Waals surface area (Å²) < 4.78 is 18.0. The monoisotopic (exact) mass is 433 g/mol. The van der Waals surface area contributed by atoms with E-state index in [9.17, 15) is 4.79 Å². The Hall–Kier alpha value is -1.61. The quantitative estimate of drug-likeness (QED) is 0.479. The third-order valence-electron chi connectivity index (χ3n) is 5.59. The highest BCUT2D eigenvalue weighted by Crippen LogP contribution is 2.40. The first-order valence-electron chi connectivity index (χ1n) is 9.49. The number of nitrogens with zero attached hydrogens (tertiary/aromatic N) is 2. The maximum Gasteiger partial charge on any atom is 0.198 e. The van der Waals surface area contributed by atoms with Gasteiger partial charge in [-0.1, -0.05) is 32.9 Å². The molecule has 146 valence electrons. The van der Waals surface area contributed by atoms with E-state index >= 15 is 4.39 Å². The van der Waals surface area contributed by atoms with Gasteiger partial charge in [-0.15, -0.1) is 0 Å². The van der Waals surface area contributed by atoms with Gasteiger partial charge in [-0.2, -0.15) is 0 Å². The third kappa shape index (κ3) is 3.03. The summed E-state index contributed by atoms with van der Waals surface area (Å²) in [4.78, 5) is 16.3. The zero-order valence-electron chi connectivity index (χ0n) is 15.5. The van der Waals surface area contributed by atoms with Gasteiger partial charge in [-0.05, 0) is 37.5 Å². The summed E-state index contributed by atoms with van der Waals surface area (Å²) in [6, 6.07) is 3.70. The van der Waals surface area contributed by atoms with Crippen molar-refractivity contribution in [3.63, 3.8) is 0 Å². The molecule has 0 atom stereocenters. The number of piperazine rings is 1. The number of pyridine rings is 1. The van der Waals surface area contributed by atoms with E-state index in [-0.39, 0.29) is 11.2 Å². The van der Waals surface area contributed by atoms with Crippen LogP contribution >= 0.6 is 32.9 Å². The van der Waals surface area contributed by atoms with Crippen molar-refractivity contribution in [2.45, 2.75) is 25.8 Å². The summed E-state index contributed by atoms with van der Waals surface area (Å²) in [5, 5.41) is 3.76. The van der Waals surface area contributed by atoms with E-state index in [4.69, 9.17) is 12.2 Å². The summed E-state index contributed by atoms with van der Waals surface area (Å²) in [5.74, 6) is -0.319. The number of hydrogen-bond donors (Lipinski definition) is 1. The lowest BCUT2D eigenvalue weighted by atomic mass is 10.1. The molecule has 2 aromatic heterocycles. The molecule has 1 aromatic carbocycles. The van der Waals surface area contributed by atoms with Gasteiger partial charge in [0, 0.05) is 43.8 Å². The number of halogens is 1. The van der Waals surface area contributed by atoms with Crippen LogP contribution < -0.4 is 15.6 Å². The van der Waals surface area contributed by atoms with Crippen LogP contribution in [0.3, 0.4) is 0 Å². The normalized spacial score (nSPS) is 17.4. The van der Waals surface area contributed by atoms with Crippen LogP contribution in [0.2, 0.25) is 0 Å². The zero-order chi connectivity index (χ0) is 19.4. The second-order valence-electron chi connectivity index (χ2n) is 7.48. The van der Waals surface area contributed by atoms with Crippen LogP contribution in [0.5, 0.6) is 0 Å². The number of anilines is 1. The molecular formula is C20H20FN3OS3. The van der Waals surface area contributed by atoms with Gasteiger partial charge in [-0.3, -0.25) is 4.79 Å². The molecule has 4 nitrogen and oxygen atoms in total. The van der Waals surface area contributed by atoms with E-state index in [0.717, 1.165) is 58.8 Å². The molecule has 0 radical (unpaired) electrons. The average Bonchev–Trinajstić information content (AvgIpc) is 3.49. The van der Waals surface area contributed by atoms with Gasteiger partial charge in [0.15, 0.2) is 5.43 Å². The first-order chi connectivity index (χ1) is 13.5. The largest absolute Gasteiger partial charge is 0.367 e. The molecule has 8 heteroatoms. The molecule has 5 rings (SSSR count). The smallest absolute Gasteiger partial charge is 0.198 e. The molecule has 2 aliphatic rings. The summed E-state index contributed by atoms with van der Waals surface area (Å²) in [5.41, 5.74) is 2.94. The minimum absolute atomic E-state index is 0.107. The van der Waals surface area contributed by atoms with Gasteiger partial charge >= 0.3 is 0 Å². The van der Waals surface area contributed by atoms with Crippen molar-refractivity contribution >= 4 is 49.5 Å². The molecule has 28 heavy (non-hydrogen) atoms. The van der Waals surface area contributed by atoms with Crippen molar-refractivity contribution in [2.75, 3.05) is 31.1 Å². The van der Waals surface area contributed by atoms with Crippen LogP contribution in [0.15, 0.2) is 23.1 Å². The van der Waals surface area contributed by atoms with Crippen molar-refractivity contribution in [2.24, 2.45) is 0 Å². The van der Waals surface area contributed by atoms with Crippen LogP contribution in [-0.4, -0.2) is 30.7 Å². The van der Waals surface area contributed by atoms with E-state index in [0.29, 0.717) is 22.7 Å². The minimum Gasteiger partial charge on any atom is -0.367 e. The fraction of sp³-hybridized carbons (Fsp3) is 0.400. The Bertz CT molecular complexity index is 1190. The van der Waals surface area contributed by atoms with Crippen molar-refractivity contribution in [3.8, 4) is 10.4 Å². The second kappa shape index (κ2) is 7.02. The molecule has 1 saturated carbocycles. The number of aromatic nitrogens is 1. The van der Waals surface area contributed by atoms with Gasteiger partial charge in [-0.25, -0.2) is 4.39 Å². The second-order valence-corrected chi connectivity index (χ2v) is 10.3. The van der Waals surface area contributed by atoms with Crippen molar-refractivity contribution in [3.05, 3.63) is 43.8 Å². The molecular weight excluding hydrogens is 413 g/mol. The predicted molar refractivity (Wildman–Crippen MR) is 118 cm³/mol. The first-order valence-corrected chi connectivity index (χ1v) is 12.0. The van der Waals surface area contributed by atoms with Crippen molar-refractivity contribution < 1.29 is 4.39 Å². The Morgan fingerprint density at radius 3 is 2.61 bits per heavy atom. The fourth-order valence-electron chi connectivity index (χ4n) is 3.87. The number of benzene rings is 1. The molecule has 1 aliphatic heterocycles. The van der Waals surface area contributed by atoms with Crippen LogP contribution in [0.25, 0.3) is 21.3 Å². The number of nitrogens with one attached hydrogen (secondary N) is 1. The lowest BCUT2D eigenvalue weighted by Gasteiger charge is -2.30. The molecule has 2 fully saturated rings. The molecule has 3 heterocycles. The Balaban J connectivity index is 1.76. The Kier molecular flexibility index (Phi) is 4.62. The van der Waals surface area contributed by atoms with E-state index in [1.807, 2.05) is 19.2 Å². The molecule has 1 N–H and O–H groups in total. The van der Waals surface area contributed by atoms with Crippen LogP contribution in [0, 0.1) is 16.6 Å². The van der Waals surface area contributed by atoms with E-state index < -0.39 is 0 Å². The summed E-state index contributed by atoms with van der Waals surface area (Å²) in [6.45, 7) is 5.18. The highest BCUT2D eigenvalue weighted by atomic mass is 32.9. The topological polar surface area (TPSA) is 37.3 Å². The fourth-order valence-corrected chi connectivity index (χ4v) is 6.75. The maximum absolute atomic E-state index is 15.0. The Morgan fingerprint density at radius 1 is 1.21 bits per heavy atom.